The van der Waals surface area contributed by atoms with Crippen molar-refractivity contribution in [2.45, 2.75) is 24.8 Å². The number of nitrogens with one attached hydrogen (secondary N) is 1. The van der Waals surface area contributed by atoms with Crippen molar-refractivity contribution in [3.05, 3.63) is 107 Å². The first kappa shape index (κ1) is 23.4. The quantitative estimate of drug-likeness (QED) is 0.331. The van der Waals surface area contributed by atoms with Crippen molar-refractivity contribution in [2.75, 3.05) is 6.61 Å². The van der Waals surface area contributed by atoms with Crippen LogP contribution in [-0.4, -0.2) is 24.4 Å². The fourth-order valence-electron chi connectivity index (χ4n) is 4.08. The molecular weight excluding hydrogens is 482 g/mol. The molecule has 0 saturated heterocycles. The number of hydrogen-bond donors (Lipinski definition) is 1. The number of ether oxygens (including phenoxy) is 1. The van der Waals surface area contributed by atoms with Crippen molar-refractivity contribution in [3.8, 4) is 5.75 Å². The molecule has 4 aromatic rings. The van der Waals surface area contributed by atoms with E-state index in [0.717, 1.165) is 16.5 Å². The molecule has 8 heteroatoms. The average molecular weight is 506 g/mol. The molecule has 0 aliphatic carbocycles. The number of sulfonamides is 1. The lowest BCUT2D eigenvalue weighted by molar-refractivity contribution is 0.340. The number of hydrogen-bond acceptors (Lipinski definition) is 5. The van der Waals surface area contributed by atoms with E-state index < -0.39 is 16.1 Å². The Morgan fingerprint density at radius 3 is 2.49 bits per heavy atom. The summed E-state index contributed by atoms with van der Waals surface area (Å²) in [5, 5.41) is 1.06. The molecule has 0 spiro atoms. The summed E-state index contributed by atoms with van der Waals surface area (Å²) >= 11 is 6.66. The molecule has 0 fully saturated rings. The molecule has 6 nitrogen and oxygen atoms in total. The Labute approximate surface area is 209 Å². The molecule has 1 aromatic heterocycles. The largest absolute Gasteiger partial charge is 0.494 e. The van der Waals surface area contributed by atoms with Gasteiger partial charge in [0.25, 0.3) is 10.0 Å². The Bertz CT molecular complexity index is 1520. The summed E-state index contributed by atoms with van der Waals surface area (Å²) < 4.78 is 34.2. The van der Waals surface area contributed by atoms with E-state index in [9.17, 15) is 8.42 Å². The molecule has 0 amide bonds. The van der Waals surface area contributed by atoms with Gasteiger partial charge < -0.3 is 10.2 Å². The van der Waals surface area contributed by atoms with Crippen LogP contribution in [0.15, 0.2) is 89.8 Å². The van der Waals surface area contributed by atoms with Crippen LogP contribution in [0.3, 0.4) is 0 Å². The van der Waals surface area contributed by atoms with Crippen LogP contribution in [0.25, 0.3) is 16.6 Å². The van der Waals surface area contributed by atoms with Crippen LogP contribution in [0.4, 0.5) is 0 Å². The summed E-state index contributed by atoms with van der Waals surface area (Å²) in [5.41, 5.74) is 7.04. The zero-order valence-electron chi connectivity index (χ0n) is 19.3. The minimum absolute atomic E-state index is 0.183. The predicted molar refractivity (Wildman–Crippen MR) is 138 cm³/mol. The highest BCUT2D eigenvalue weighted by Gasteiger charge is 2.38. The second kappa shape index (κ2) is 9.34. The third-order valence-electron chi connectivity index (χ3n) is 5.87. The molecular formula is C27H24ClN3O3S. The normalized spacial score (nSPS) is 16.2. The first-order valence-corrected chi connectivity index (χ1v) is 13.1. The van der Waals surface area contributed by atoms with Gasteiger partial charge in [0.2, 0.25) is 0 Å². The summed E-state index contributed by atoms with van der Waals surface area (Å²) in [6.07, 6.45) is 1.87. The number of halogens is 1. The number of hydrazine groups is 1. The van der Waals surface area contributed by atoms with E-state index in [-0.39, 0.29) is 10.0 Å². The third-order valence-corrected chi connectivity index (χ3v) is 7.88. The van der Waals surface area contributed by atoms with Gasteiger partial charge in [0, 0.05) is 17.0 Å². The van der Waals surface area contributed by atoms with Crippen LogP contribution in [-0.2, 0) is 10.0 Å². The van der Waals surface area contributed by atoms with E-state index in [1.165, 1.54) is 4.41 Å². The molecule has 0 saturated carbocycles. The highest BCUT2D eigenvalue weighted by atomic mass is 35.5. The first-order chi connectivity index (χ1) is 16.9. The molecule has 0 radical (unpaired) electrons. The first-order valence-electron chi connectivity index (χ1n) is 11.2. The SMILES string of the molecule is CCOc1ccc2cc([C@@H]3C=C(c4ccc(C)cc4)NN3S(=O)(=O)c3ccccc3)c(Cl)nc2c1. The molecule has 3 aromatic carbocycles. The van der Waals surface area contributed by atoms with Crippen molar-refractivity contribution >= 4 is 38.2 Å². The van der Waals surface area contributed by atoms with Gasteiger partial charge in [-0.3, -0.25) is 0 Å². The van der Waals surface area contributed by atoms with Crippen molar-refractivity contribution in [1.82, 2.24) is 14.8 Å². The van der Waals surface area contributed by atoms with Gasteiger partial charge in [-0.2, -0.15) is 0 Å². The lowest BCUT2D eigenvalue weighted by Crippen LogP contribution is -2.39. The summed E-state index contributed by atoms with van der Waals surface area (Å²) in [6.45, 7) is 4.47. The van der Waals surface area contributed by atoms with E-state index in [2.05, 4.69) is 10.4 Å². The molecule has 1 N–H and O–H groups in total. The van der Waals surface area contributed by atoms with Crippen molar-refractivity contribution in [3.63, 3.8) is 0 Å². The maximum Gasteiger partial charge on any atom is 0.260 e. The van der Waals surface area contributed by atoms with Gasteiger partial charge in [-0.15, -0.1) is 4.41 Å². The Balaban J connectivity index is 1.63. The Hall–Kier alpha value is -3.39. The number of nitrogens with zero attached hydrogens (tertiary/aromatic N) is 2. The van der Waals surface area contributed by atoms with Gasteiger partial charge in [0.15, 0.2) is 0 Å². The number of aryl methyl sites for hydroxylation is 1. The highest BCUT2D eigenvalue weighted by Crippen LogP contribution is 2.39. The maximum absolute atomic E-state index is 13.7. The third kappa shape index (κ3) is 4.50. The molecule has 5 rings (SSSR count). The average Bonchev–Trinajstić information content (AvgIpc) is 3.31. The van der Waals surface area contributed by atoms with E-state index in [1.807, 2.05) is 68.5 Å². The number of aromatic nitrogens is 1. The van der Waals surface area contributed by atoms with Gasteiger partial charge in [0.05, 0.1) is 28.8 Å². The van der Waals surface area contributed by atoms with E-state index in [1.54, 1.807) is 30.3 Å². The van der Waals surface area contributed by atoms with Crippen molar-refractivity contribution in [1.29, 1.82) is 0 Å². The molecule has 0 bridgehead atoms. The van der Waals surface area contributed by atoms with Crippen molar-refractivity contribution in [2.24, 2.45) is 0 Å². The monoisotopic (exact) mass is 505 g/mol. The molecule has 1 aliphatic heterocycles. The molecule has 178 valence electrons. The molecule has 35 heavy (non-hydrogen) atoms. The fraction of sp³-hybridized carbons (Fsp3) is 0.148. The number of rotatable bonds is 6. The number of fused-ring (bicyclic) bond motifs is 1. The van der Waals surface area contributed by atoms with Gasteiger partial charge in [0.1, 0.15) is 10.9 Å². The maximum atomic E-state index is 13.7. The number of benzene rings is 3. The predicted octanol–water partition coefficient (Wildman–Crippen LogP) is 5.89. The van der Waals surface area contributed by atoms with Crippen LogP contribution in [0, 0.1) is 6.92 Å². The molecule has 1 aliphatic rings. The van der Waals surface area contributed by atoms with Crippen LogP contribution >= 0.6 is 11.6 Å². The Kier molecular flexibility index (Phi) is 6.23. The second-order valence-corrected chi connectivity index (χ2v) is 10.4. The van der Waals surface area contributed by atoms with Crippen LogP contribution in [0.2, 0.25) is 5.15 Å². The van der Waals surface area contributed by atoms with E-state index >= 15 is 0 Å². The zero-order valence-corrected chi connectivity index (χ0v) is 20.8. The van der Waals surface area contributed by atoms with Gasteiger partial charge in [-0.1, -0.05) is 59.6 Å². The van der Waals surface area contributed by atoms with Crippen LogP contribution < -0.4 is 10.2 Å². The minimum Gasteiger partial charge on any atom is -0.494 e. The van der Waals surface area contributed by atoms with Crippen LogP contribution in [0.1, 0.15) is 29.7 Å². The zero-order chi connectivity index (χ0) is 24.6. The van der Waals surface area contributed by atoms with Gasteiger partial charge in [-0.05, 0) is 55.8 Å². The van der Waals surface area contributed by atoms with Gasteiger partial charge >= 0.3 is 0 Å². The summed E-state index contributed by atoms with van der Waals surface area (Å²) in [7, 11) is -3.91. The smallest absolute Gasteiger partial charge is 0.260 e. The second-order valence-electron chi connectivity index (χ2n) is 8.27. The van der Waals surface area contributed by atoms with Crippen molar-refractivity contribution < 1.29 is 13.2 Å². The Morgan fingerprint density at radius 1 is 1.03 bits per heavy atom. The lowest BCUT2D eigenvalue weighted by atomic mass is 10.0. The van der Waals surface area contributed by atoms with E-state index in [4.69, 9.17) is 16.3 Å². The summed E-state index contributed by atoms with van der Waals surface area (Å²) in [5.74, 6) is 0.702. The topological polar surface area (TPSA) is 71.5 Å². The minimum atomic E-state index is -3.91. The number of pyridine rings is 1. The lowest BCUT2D eigenvalue weighted by Gasteiger charge is -2.25. The molecule has 0 unspecified atom stereocenters. The summed E-state index contributed by atoms with van der Waals surface area (Å²) in [4.78, 5) is 4.75. The van der Waals surface area contributed by atoms with Crippen LogP contribution in [0.5, 0.6) is 5.75 Å². The van der Waals surface area contributed by atoms with Gasteiger partial charge in [-0.25, -0.2) is 13.4 Å². The Morgan fingerprint density at radius 2 is 1.77 bits per heavy atom. The fourth-order valence-corrected chi connectivity index (χ4v) is 5.76. The molecule has 2 heterocycles. The highest BCUT2D eigenvalue weighted by molar-refractivity contribution is 7.89. The van der Waals surface area contributed by atoms with E-state index in [0.29, 0.717) is 29.1 Å². The molecule has 1 atom stereocenters. The summed E-state index contributed by atoms with van der Waals surface area (Å²) in [6, 6.07) is 23.0. The standard InChI is InChI=1S/C27H24ClN3O3S/c1-3-34-21-14-13-20-15-23(27(28)29-24(20)16-21)26-17-25(19-11-9-18(2)10-12-19)30-31(26)35(32,33)22-7-5-4-6-8-22/h4-17,26,30H,3H2,1-2H3/t26-/m0/s1.